The molecule has 6 heteroatoms. The Morgan fingerprint density at radius 3 is 2.30 bits per heavy atom. The van der Waals surface area contributed by atoms with Crippen LogP contribution in [0, 0.1) is 5.41 Å². The molecule has 0 atom stereocenters. The summed E-state index contributed by atoms with van der Waals surface area (Å²) < 4.78 is 15.5. The number of rotatable bonds is 10. The molecule has 178 valence electrons. The van der Waals surface area contributed by atoms with Gasteiger partial charge in [-0.3, -0.25) is 4.79 Å². The van der Waals surface area contributed by atoms with Gasteiger partial charge in [0.05, 0.1) is 18.4 Å². The van der Waals surface area contributed by atoms with Crippen molar-refractivity contribution < 1.29 is 23.8 Å². The van der Waals surface area contributed by atoms with Crippen LogP contribution in [-0.2, 0) is 19.7 Å². The molecule has 0 unspecified atom stereocenters. The molecular formula is C27H35NO5. The summed E-state index contributed by atoms with van der Waals surface area (Å²) in [6.07, 6.45) is 3.70. The van der Waals surface area contributed by atoms with Crippen LogP contribution < -0.4 is 10.1 Å². The fraction of sp³-hybridized carbons (Fsp3) is 0.407. The van der Waals surface area contributed by atoms with Crippen LogP contribution in [0.2, 0.25) is 0 Å². The van der Waals surface area contributed by atoms with Crippen LogP contribution >= 0.6 is 0 Å². The summed E-state index contributed by atoms with van der Waals surface area (Å²) in [5.41, 5.74) is 2.36. The summed E-state index contributed by atoms with van der Waals surface area (Å²) in [5, 5.41) is 2.70. The van der Waals surface area contributed by atoms with Crippen LogP contribution in [0.25, 0.3) is 0 Å². The molecule has 0 bridgehead atoms. The van der Waals surface area contributed by atoms with E-state index in [-0.39, 0.29) is 23.3 Å². The lowest BCUT2D eigenvalue weighted by molar-refractivity contribution is -0.112. The molecule has 0 spiro atoms. The van der Waals surface area contributed by atoms with Crippen molar-refractivity contribution in [2.45, 2.75) is 46.5 Å². The van der Waals surface area contributed by atoms with E-state index in [1.54, 1.807) is 24.3 Å². The fourth-order valence-corrected chi connectivity index (χ4v) is 3.80. The number of hydrogen-bond acceptors (Lipinski definition) is 5. The summed E-state index contributed by atoms with van der Waals surface area (Å²) in [7, 11) is 1.53. The highest BCUT2D eigenvalue weighted by atomic mass is 16.6. The zero-order valence-electron chi connectivity index (χ0n) is 20.4. The number of methoxy groups -OCH3 is 1. The molecule has 0 saturated carbocycles. The van der Waals surface area contributed by atoms with Gasteiger partial charge in [-0.1, -0.05) is 52.8 Å². The molecule has 6 nitrogen and oxygen atoms in total. The highest BCUT2D eigenvalue weighted by molar-refractivity contribution is 6.00. The van der Waals surface area contributed by atoms with Crippen LogP contribution in [0.4, 0.5) is 5.69 Å². The predicted octanol–water partition coefficient (Wildman–Crippen LogP) is 5.73. The maximum Gasteiger partial charge on any atom is 0.338 e. The Kier molecular flexibility index (Phi) is 9.23. The van der Waals surface area contributed by atoms with Crippen molar-refractivity contribution >= 4 is 17.6 Å². The molecule has 1 amide bonds. The Hall–Kier alpha value is -3.12. The number of ether oxygens (including phenoxy) is 3. The van der Waals surface area contributed by atoms with E-state index in [2.05, 4.69) is 52.1 Å². The normalized spacial score (nSPS) is 11.9. The van der Waals surface area contributed by atoms with Gasteiger partial charge in [0.15, 0.2) is 0 Å². The average molecular weight is 454 g/mol. The van der Waals surface area contributed by atoms with Crippen molar-refractivity contribution in [1.82, 2.24) is 0 Å². The van der Waals surface area contributed by atoms with E-state index in [0.717, 1.165) is 6.42 Å². The van der Waals surface area contributed by atoms with Gasteiger partial charge in [-0.05, 0) is 53.1 Å². The lowest BCUT2D eigenvalue weighted by Crippen LogP contribution is -2.24. The van der Waals surface area contributed by atoms with Crippen molar-refractivity contribution in [1.29, 1.82) is 0 Å². The van der Waals surface area contributed by atoms with Crippen LogP contribution in [0.1, 0.15) is 57.0 Å². The first-order valence-corrected chi connectivity index (χ1v) is 11.0. The van der Waals surface area contributed by atoms with Gasteiger partial charge < -0.3 is 19.5 Å². The molecule has 0 aliphatic heterocycles. The molecule has 33 heavy (non-hydrogen) atoms. The first-order valence-electron chi connectivity index (χ1n) is 11.0. The van der Waals surface area contributed by atoms with Crippen LogP contribution in [0.5, 0.6) is 5.75 Å². The molecule has 0 saturated heterocycles. The topological polar surface area (TPSA) is 73.9 Å². The van der Waals surface area contributed by atoms with Crippen molar-refractivity contribution in [3.05, 3.63) is 72.0 Å². The Morgan fingerprint density at radius 2 is 1.67 bits per heavy atom. The summed E-state index contributed by atoms with van der Waals surface area (Å²) in [5.74, 6) is -0.200. The van der Waals surface area contributed by atoms with E-state index in [9.17, 15) is 9.59 Å². The van der Waals surface area contributed by atoms with Gasteiger partial charge in [-0.25, -0.2) is 4.79 Å². The predicted molar refractivity (Wildman–Crippen MR) is 131 cm³/mol. The Bertz CT molecular complexity index is 955. The smallest absolute Gasteiger partial charge is 0.338 e. The first-order chi connectivity index (χ1) is 15.5. The molecule has 0 heterocycles. The van der Waals surface area contributed by atoms with Crippen LogP contribution in [0.3, 0.4) is 0 Å². The molecule has 0 aliphatic carbocycles. The third kappa shape index (κ3) is 9.10. The molecule has 0 aromatic heterocycles. The lowest BCUT2D eigenvalue weighted by atomic mass is 9.72. The molecule has 2 aromatic rings. The van der Waals surface area contributed by atoms with Crippen LogP contribution in [-0.4, -0.2) is 32.2 Å². The number of carbonyl (C=O) groups excluding carboxylic acids is 2. The second kappa shape index (κ2) is 11.7. The molecule has 0 radical (unpaired) electrons. The number of nitrogens with one attached hydrogen (secondary N) is 1. The van der Waals surface area contributed by atoms with Gasteiger partial charge >= 0.3 is 5.97 Å². The summed E-state index contributed by atoms with van der Waals surface area (Å²) in [6.45, 7) is 11.7. The van der Waals surface area contributed by atoms with Crippen molar-refractivity contribution in [2.24, 2.45) is 5.41 Å². The third-order valence-corrected chi connectivity index (χ3v) is 4.92. The van der Waals surface area contributed by atoms with Gasteiger partial charge in [-0.2, -0.15) is 0 Å². The largest absolute Gasteiger partial charge is 0.465 e. The number of benzene rings is 2. The van der Waals surface area contributed by atoms with E-state index < -0.39 is 5.97 Å². The Balaban J connectivity index is 1.90. The standard InChI is InChI=1S/C27H35NO5/c1-26(2,3)19-27(4,5)21-10-12-23(13-11-21)32-15-14-24(29)28-22-9-7-8-20(18-22)25(30)33-17-16-31-6/h7-15,18H,16-17,19H2,1-6H3,(H,28,29). The first kappa shape index (κ1) is 26.1. The molecule has 0 fully saturated rings. The fourth-order valence-electron chi connectivity index (χ4n) is 3.80. The third-order valence-electron chi connectivity index (χ3n) is 4.92. The minimum atomic E-state index is -0.476. The SMILES string of the molecule is COCCOC(=O)c1cccc(NC(=O)C=COc2ccc(C(C)(C)CC(C)(C)C)cc2)c1. The molecule has 2 aromatic carbocycles. The second-order valence-electron chi connectivity index (χ2n) is 9.77. The number of hydrogen-bond donors (Lipinski definition) is 1. The Morgan fingerprint density at radius 1 is 0.970 bits per heavy atom. The minimum Gasteiger partial charge on any atom is -0.465 e. The highest BCUT2D eigenvalue weighted by Crippen LogP contribution is 2.36. The summed E-state index contributed by atoms with van der Waals surface area (Å²) in [4.78, 5) is 24.2. The number of esters is 1. The summed E-state index contributed by atoms with van der Waals surface area (Å²) in [6, 6.07) is 14.5. The Labute approximate surface area is 196 Å². The molecule has 2 rings (SSSR count). The molecular weight excluding hydrogens is 418 g/mol. The van der Waals surface area contributed by atoms with Gasteiger partial charge in [0.1, 0.15) is 12.4 Å². The molecule has 1 N–H and O–H groups in total. The zero-order valence-corrected chi connectivity index (χ0v) is 20.4. The van der Waals surface area contributed by atoms with Gasteiger partial charge in [0.2, 0.25) is 0 Å². The number of carbonyl (C=O) groups is 2. The number of anilines is 1. The van der Waals surface area contributed by atoms with E-state index >= 15 is 0 Å². The van der Waals surface area contributed by atoms with Crippen LogP contribution in [0.15, 0.2) is 60.9 Å². The average Bonchev–Trinajstić information content (AvgIpc) is 2.73. The van der Waals surface area contributed by atoms with E-state index in [1.807, 2.05) is 12.1 Å². The summed E-state index contributed by atoms with van der Waals surface area (Å²) >= 11 is 0. The monoisotopic (exact) mass is 453 g/mol. The van der Waals surface area contributed by atoms with Gasteiger partial charge in [0.25, 0.3) is 5.91 Å². The van der Waals surface area contributed by atoms with E-state index in [0.29, 0.717) is 23.6 Å². The van der Waals surface area contributed by atoms with E-state index in [1.165, 1.54) is 25.0 Å². The van der Waals surface area contributed by atoms with E-state index in [4.69, 9.17) is 14.2 Å². The van der Waals surface area contributed by atoms with Crippen molar-refractivity contribution in [3.63, 3.8) is 0 Å². The van der Waals surface area contributed by atoms with Crippen molar-refractivity contribution in [2.75, 3.05) is 25.6 Å². The zero-order chi connectivity index (χ0) is 24.5. The molecule has 0 aliphatic rings. The highest BCUT2D eigenvalue weighted by Gasteiger charge is 2.27. The lowest BCUT2D eigenvalue weighted by Gasteiger charge is -2.33. The maximum atomic E-state index is 12.2. The van der Waals surface area contributed by atoms with Gasteiger partial charge in [0, 0.05) is 18.9 Å². The second-order valence-corrected chi connectivity index (χ2v) is 9.77. The minimum absolute atomic E-state index is 0.0528. The van der Waals surface area contributed by atoms with Gasteiger partial charge in [-0.15, -0.1) is 0 Å². The maximum absolute atomic E-state index is 12.2. The van der Waals surface area contributed by atoms with Crippen molar-refractivity contribution in [3.8, 4) is 5.75 Å². The quantitative estimate of drug-likeness (QED) is 0.215. The number of amides is 1.